The molecule has 0 atom stereocenters. The summed E-state index contributed by atoms with van der Waals surface area (Å²) < 4.78 is 37.6. The molecule has 0 aromatic heterocycles. The van der Waals surface area contributed by atoms with E-state index in [-0.39, 0.29) is 23.6 Å². The quantitative estimate of drug-likeness (QED) is 0.266. The number of benzene rings is 2. The number of aliphatic carboxylic acids is 1. The van der Waals surface area contributed by atoms with Crippen molar-refractivity contribution in [3.8, 4) is 11.5 Å². The largest absolute Gasteiger partial charge is 0.493 e. The molecule has 172 valence electrons. The Morgan fingerprint density at radius 1 is 1.09 bits per heavy atom. The number of sulfonamides is 1. The molecule has 0 spiro atoms. The van der Waals surface area contributed by atoms with Gasteiger partial charge >= 0.3 is 5.97 Å². The van der Waals surface area contributed by atoms with Crippen LogP contribution in [0.5, 0.6) is 11.5 Å². The minimum atomic E-state index is -3.84. The van der Waals surface area contributed by atoms with Gasteiger partial charge in [0.15, 0.2) is 17.3 Å². The van der Waals surface area contributed by atoms with E-state index in [1.54, 1.807) is 31.4 Å². The summed E-state index contributed by atoms with van der Waals surface area (Å²) >= 11 is 0. The maximum absolute atomic E-state index is 12.5. The van der Waals surface area contributed by atoms with Crippen molar-refractivity contribution in [2.45, 2.75) is 31.1 Å². The molecule has 0 saturated heterocycles. The molecule has 2 aromatic rings. The smallest absolute Gasteiger partial charge is 0.304 e. The predicted molar refractivity (Wildman–Crippen MR) is 121 cm³/mol. The molecule has 0 aliphatic rings. The molecule has 2 N–H and O–H groups in total. The summed E-state index contributed by atoms with van der Waals surface area (Å²) in [7, 11) is -2.28. The number of carbonyl (C=O) groups is 2. The third-order valence-electron chi connectivity index (χ3n) is 4.45. The van der Waals surface area contributed by atoms with Crippen molar-refractivity contribution < 1.29 is 32.6 Å². The Bertz CT molecular complexity index is 1060. The number of ketones is 1. The average molecular weight is 462 g/mol. The fraction of sp³-hybridized carbons (Fsp3) is 0.304. The Balaban J connectivity index is 2.07. The van der Waals surface area contributed by atoms with Gasteiger partial charge in [0.1, 0.15) is 0 Å². The second kappa shape index (κ2) is 12.0. The van der Waals surface area contributed by atoms with Crippen molar-refractivity contribution >= 4 is 27.9 Å². The van der Waals surface area contributed by atoms with Crippen LogP contribution in [-0.4, -0.2) is 45.5 Å². The number of nitrogens with one attached hydrogen (secondary N) is 1. The van der Waals surface area contributed by atoms with Crippen LogP contribution in [0.25, 0.3) is 6.08 Å². The highest BCUT2D eigenvalue weighted by Crippen LogP contribution is 2.29. The van der Waals surface area contributed by atoms with E-state index in [0.717, 1.165) is 18.4 Å². The number of allylic oxidation sites excluding steroid dienone is 1. The minimum Gasteiger partial charge on any atom is -0.493 e. The number of unbranched alkanes of at least 4 members (excludes halogenated alkanes) is 1. The lowest BCUT2D eigenvalue weighted by Gasteiger charge is -2.11. The molecule has 0 bridgehead atoms. The summed E-state index contributed by atoms with van der Waals surface area (Å²) in [6.07, 6.45) is 4.65. The molecule has 9 heteroatoms. The van der Waals surface area contributed by atoms with E-state index in [2.05, 4.69) is 11.6 Å². The summed E-state index contributed by atoms with van der Waals surface area (Å²) in [5, 5.41) is 8.61. The number of methoxy groups -OCH3 is 1. The van der Waals surface area contributed by atoms with Gasteiger partial charge < -0.3 is 14.6 Å². The first-order valence-corrected chi connectivity index (χ1v) is 11.6. The maximum atomic E-state index is 12.5. The van der Waals surface area contributed by atoms with Crippen molar-refractivity contribution in [1.29, 1.82) is 0 Å². The molecule has 0 radical (unpaired) electrons. The lowest BCUT2D eigenvalue weighted by Crippen LogP contribution is -2.26. The average Bonchev–Trinajstić information content (AvgIpc) is 2.77. The van der Waals surface area contributed by atoms with Gasteiger partial charge in [-0.1, -0.05) is 25.5 Å². The highest BCUT2D eigenvalue weighted by Gasteiger charge is 2.14. The van der Waals surface area contributed by atoms with Crippen LogP contribution in [0.1, 0.15) is 42.1 Å². The molecule has 2 rings (SSSR count). The Morgan fingerprint density at radius 3 is 2.44 bits per heavy atom. The number of hydrogen-bond acceptors (Lipinski definition) is 6. The van der Waals surface area contributed by atoms with Gasteiger partial charge in [0.05, 0.1) is 25.0 Å². The van der Waals surface area contributed by atoms with Gasteiger partial charge in [0.25, 0.3) is 0 Å². The minimum absolute atomic E-state index is 0.0487. The van der Waals surface area contributed by atoms with Gasteiger partial charge in [-0.15, -0.1) is 0 Å². The van der Waals surface area contributed by atoms with E-state index in [0.29, 0.717) is 23.7 Å². The SMILES string of the molecule is CCCCOc1cc(/C=C/C(=O)c2ccc(S(=O)(=O)NCCC(=O)O)cc2)ccc1OC. The molecule has 0 saturated carbocycles. The first kappa shape index (κ1) is 25.1. The Hall–Kier alpha value is -3.17. The van der Waals surface area contributed by atoms with Gasteiger partial charge in [-0.2, -0.15) is 0 Å². The number of carboxylic acid groups (broad SMARTS) is 1. The molecule has 0 amide bonds. The van der Waals surface area contributed by atoms with Crippen LogP contribution >= 0.6 is 0 Å². The van der Waals surface area contributed by atoms with Crippen LogP contribution in [-0.2, 0) is 14.8 Å². The van der Waals surface area contributed by atoms with Gasteiger partial charge in [-0.25, -0.2) is 13.1 Å². The molecule has 0 unspecified atom stereocenters. The van der Waals surface area contributed by atoms with E-state index < -0.39 is 16.0 Å². The fourth-order valence-electron chi connectivity index (χ4n) is 2.68. The van der Waals surface area contributed by atoms with Crippen molar-refractivity contribution in [3.05, 3.63) is 59.7 Å². The van der Waals surface area contributed by atoms with Gasteiger partial charge in [-0.3, -0.25) is 9.59 Å². The predicted octanol–water partition coefficient (Wildman–Crippen LogP) is 3.52. The zero-order chi connectivity index (χ0) is 23.6. The van der Waals surface area contributed by atoms with E-state index in [9.17, 15) is 18.0 Å². The Kier molecular flexibility index (Phi) is 9.42. The lowest BCUT2D eigenvalue weighted by molar-refractivity contribution is -0.136. The van der Waals surface area contributed by atoms with Gasteiger partial charge in [0.2, 0.25) is 10.0 Å². The van der Waals surface area contributed by atoms with Crippen molar-refractivity contribution in [3.63, 3.8) is 0 Å². The summed E-state index contributed by atoms with van der Waals surface area (Å²) in [5.41, 5.74) is 1.08. The molecule has 0 fully saturated rings. The van der Waals surface area contributed by atoms with Crippen LogP contribution in [0, 0.1) is 0 Å². The molecule has 8 nitrogen and oxygen atoms in total. The second-order valence-electron chi connectivity index (χ2n) is 6.88. The van der Waals surface area contributed by atoms with E-state index in [1.807, 2.05) is 0 Å². The zero-order valence-electron chi connectivity index (χ0n) is 18.0. The number of carboxylic acids is 1. The lowest BCUT2D eigenvalue weighted by atomic mass is 10.1. The molecule has 0 heterocycles. The van der Waals surface area contributed by atoms with Crippen LogP contribution in [0.2, 0.25) is 0 Å². The fourth-order valence-corrected chi connectivity index (χ4v) is 3.71. The molecule has 2 aromatic carbocycles. The monoisotopic (exact) mass is 461 g/mol. The highest BCUT2D eigenvalue weighted by atomic mass is 32.2. The van der Waals surface area contributed by atoms with E-state index in [4.69, 9.17) is 14.6 Å². The van der Waals surface area contributed by atoms with Crippen molar-refractivity contribution in [2.75, 3.05) is 20.3 Å². The van der Waals surface area contributed by atoms with Crippen LogP contribution in [0.4, 0.5) is 0 Å². The number of ether oxygens (including phenoxy) is 2. The standard InChI is InChI=1S/C23H27NO7S/c1-3-4-15-31-22-16-17(6-12-21(22)30-2)5-11-20(25)18-7-9-19(10-8-18)32(28,29)24-14-13-23(26)27/h5-12,16,24H,3-4,13-15H2,1-2H3,(H,26,27)/b11-5+. The summed E-state index contributed by atoms with van der Waals surface area (Å²) in [6.45, 7) is 2.43. The van der Waals surface area contributed by atoms with Gasteiger partial charge in [0, 0.05) is 12.1 Å². The third kappa shape index (κ3) is 7.51. The summed E-state index contributed by atoms with van der Waals surface area (Å²) in [4.78, 5) is 22.9. The first-order chi connectivity index (χ1) is 15.3. The molecular weight excluding hydrogens is 434 g/mol. The van der Waals surface area contributed by atoms with Crippen LogP contribution in [0.3, 0.4) is 0 Å². The number of hydrogen-bond donors (Lipinski definition) is 2. The number of carbonyl (C=O) groups excluding carboxylic acids is 1. The third-order valence-corrected chi connectivity index (χ3v) is 5.93. The molecular formula is C23H27NO7S. The van der Waals surface area contributed by atoms with Gasteiger partial charge in [-0.05, 0) is 54.5 Å². The molecule has 0 aliphatic carbocycles. The van der Waals surface area contributed by atoms with Crippen LogP contribution < -0.4 is 14.2 Å². The second-order valence-corrected chi connectivity index (χ2v) is 8.64. The summed E-state index contributed by atoms with van der Waals surface area (Å²) in [6, 6.07) is 10.8. The van der Waals surface area contributed by atoms with Crippen molar-refractivity contribution in [1.82, 2.24) is 4.72 Å². The molecule has 32 heavy (non-hydrogen) atoms. The normalized spacial score (nSPS) is 11.4. The zero-order valence-corrected chi connectivity index (χ0v) is 18.9. The summed E-state index contributed by atoms with van der Waals surface area (Å²) in [5.74, 6) is -0.187. The van der Waals surface area contributed by atoms with E-state index in [1.165, 1.54) is 30.3 Å². The Morgan fingerprint density at radius 2 is 1.81 bits per heavy atom. The first-order valence-electron chi connectivity index (χ1n) is 10.1. The maximum Gasteiger partial charge on any atom is 0.304 e. The van der Waals surface area contributed by atoms with E-state index >= 15 is 0 Å². The topological polar surface area (TPSA) is 119 Å². The highest BCUT2D eigenvalue weighted by molar-refractivity contribution is 7.89. The van der Waals surface area contributed by atoms with Crippen LogP contribution in [0.15, 0.2) is 53.4 Å². The molecule has 0 aliphatic heterocycles. The van der Waals surface area contributed by atoms with Crippen molar-refractivity contribution in [2.24, 2.45) is 0 Å². The number of rotatable bonds is 13. The Labute approximate surface area is 187 Å².